The van der Waals surface area contributed by atoms with E-state index in [1.807, 2.05) is 18.2 Å². The second-order valence-electron chi connectivity index (χ2n) is 6.36. The monoisotopic (exact) mass is 403 g/mol. The molecule has 5 heteroatoms. The predicted octanol–water partition coefficient (Wildman–Crippen LogP) is 6.94. The van der Waals surface area contributed by atoms with Gasteiger partial charge < -0.3 is 10.1 Å². The fourth-order valence-corrected chi connectivity index (χ4v) is 3.40. The standard InChI is InChI=1S/C22H20Cl2FNO/c1-14-6-5-9-21(15(14)2)26-12-17-10-18(23)11-19(24)22(17)27-13-16-7-3-4-8-20(16)25/h3-11,26H,12-13H2,1-2H3. The quantitative estimate of drug-likeness (QED) is 0.481. The van der Waals surface area contributed by atoms with E-state index in [4.69, 9.17) is 27.9 Å². The molecule has 0 aromatic heterocycles. The molecule has 0 amide bonds. The summed E-state index contributed by atoms with van der Waals surface area (Å²) in [5.41, 5.74) is 4.70. The molecular weight excluding hydrogens is 384 g/mol. The van der Waals surface area contributed by atoms with Crippen molar-refractivity contribution < 1.29 is 9.13 Å². The second-order valence-corrected chi connectivity index (χ2v) is 7.20. The number of anilines is 1. The second kappa shape index (κ2) is 8.64. The number of ether oxygens (including phenoxy) is 1. The molecule has 0 aliphatic rings. The maximum Gasteiger partial charge on any atom is 0.143 e. The fraction of sp³-hybridized carbons (Fsp3) is 0.182. The number of rotatable bonds is 6. The number of hydrogen-bond acceptors (Lipinski definition) is 2. The van der Waals surface area contributed by atoms with Crippen molar-refractivity contribution in [2.24, 2.45) is 0 Å². The van der Waals surface area contributed by atoms with Gasteiger partial charge in [0.25, 0.3) is 0 Å². The Hall–Kier alpha value is -2.23. The number of benzene rings is 3. The summed E-state index contributed by atoms with van der Waals surface area (Å²) in [6, 6.07) is 16.0. The molecule has 0 aliphatic carbocycles. The summed E-state index contributed by atoms with van der Waals surface area (Å²) in [5, 5.41) is 4.33. The highest BCUT2D eigenvalue weighted by molar-refractivity contribution is 6.35. The molecule has 27 heavy (non-hydrogen) atoms. The van der Waals surface area contributed by atoms with Gasteiger partial charge in [-0.2, -0.15) is 0 Å². The molecule has 0 spiro atoms. The highest BCUT2D eigenvalue weighted by Gasteiger charge is 2.13. The first-order chi connectivity index (χ1) is 13.0. The molecule has 0 heterocycles. The van der Waals surface area contributed by atoms with E-state index in [-0.39, 0.29) is 12.4 Å². The topological polar surface area (TPSA) is 21.3 Å². The lowest BCUT2D eigenvalue weighted by molar-refractivity contribution is 0.297. The summed E-state index contributed by atoms with van der Waals surface area (Å²) in [5.74, 6) is 0.194. The molecule has 0 bridgehead atoms. The number of hydrogen-bond donors (Lipinski definition) is 1. The van der Waals surface area contributed by atoms with E-state index >= 15 is 0 Å². The minimum absolute atomic E-state index is 0.0878. The van der Waals surface area contributed by atoms with E-state index in [2.05, 4.69) is 25.2 Å². The molecular formula is C22H20Cl2FNO. The molecule has 2 nitrogen and oxygen atoms in total. The lowest BCUT2D eigenvalue weighted by Crippen LogP contribution is -2.06. The summed E-state index contributed by atoms with van der Waals surface area (Å²) in [6.45, 7) is 4.71. The van der Waals surface area contributed by atoms with Crippen molar-refractivity contribution in [1.29, 1.82) is 0 Å². The zero-order valence-electron chi connectivity index (χ0n) is 15.2. The van der Waals surface area contributed by atoms with Gasteiger partial charge >= 0.3 is 0 Å². The van der Waals surface area contributed by atoms with Crippen LogP contribution >= 0.6 is 23.2 Å². The Balaban J connectivity index is 1.82. The first-order valence-electron chi connectivity index (χ1n) is 8.60. The van der Waals surface area contributed by atoms with Gasteiger partial charge in [0.2, 0.25) is 0 Å². The number of halogens is 3. The van der Waals surface area contributed by atoms with Crippen LogP contribution in [-0.2, 0) is 13.2 Å². The van der Waals surface area contributed by atoms with Crippen LogP contribution in [0.15, 0.2) is 54.6 Å². The normalized spacial score (nSPS) is 10.7. The van der Waals surface area contributed by atoms with E-state index in [0.717, 1.165) is 11.3 Å². The third-order valence-electron chi connectivity index (χ3n) is 4.49. The van der Waals surface area contributed by atoms with Crippen LogP contribution in [0.3, 0.4) is 0 Å². The molecule has 3 rings (SSSR count). The Morgan fingerprint density at radius 3 is 2.52 bits per heavy atom. The first kappa shape index (κ1) is 19.5. The molecule has 3 aromatic carbocycles. The van der Waals surface area contributed by atoms with E-state index in [9.17, 15) is 4.39 Å². The summed E-state index contributed by atoms with van der Waals surface area (Å²) >= 11 is 12.5. The van der Waals surface area contributed by atoms with Gasteiger partial charge in [0.05, 0.1) is 5.02 Å². The minimum atomic E-state index is -0.308. The van der Waals surface area contributed by atoms with Crippen molar-refractivity contribution in [1.82, 2.24) is 0 Å². The van der Waals surface area contributed by atoms with Gasteiger partial charge in [0.1, 0.15) is 18.2 Å². The SMILES string of the molecule is Cc1cccc(NCc2cc(Cl)cc(Cl)c2OCc2ccccc2F)c1C. The van der Waals surface area contributed by atoms with E-state index in [1.165, 1.54) is 17.2 Å². The average Bonchev–Trinajstić information content (AvgIpc) is 2.63. The highest BCUT2D eigenvalue weighted by atomic mass is 35.5. The molecule has 0 saturated heterocycles. The van der Waals surface area contributed by atoms with Gasteiger partial charge in [-0.15, -0.1) is 0 Å². The van der Waals surface area contributed by atoms with Gasteiger partial charge in [-0.25, -0.2) is 4.39 Å². The minimum Gasteiger partial charge on any atom is -0.487 e. The smallest absolute Gasteiger partial charge is 0.143 e. The Morgan fingerprint density at radius 1 is 0.963 bits per heavy atom. The van der Waals surface area contributed by atoms with Crippen LogP contribution in [0.4, 0.5) is 10.1 Å². The van der Waals surface area contributed by atoms with Crippen molar-refractivity contribution in [3.63, 3.8) is 0 Å². The maximum atomic E-state index is 13.9. The Bertz CT molecular complexity index is 959. The number of aryl methyl sites for hydroxylation is 1. The lowest BCUT2D eigenvalue weighted by atomic mass is 10.1. The van der Waals surface area contributed by atoms with Crippen molar-refractivity contribution in [3.8, 4) is 5.75 Å². The van der Waals surface area contributed by atoms with Gasteiger partial charge in [-0.3, -0.25) is 0 Å². The van der Waals surface area contributed by atoms with Crippen molar-refractivity contribution in [2.45, 2.75) is 27.0 Å². The van der Waals surface area contributed by atoms with Gasteiger partial charge in [-0.1, -0.05) is 53.5 Å². The van der Waals surface area contributed by atoms with Crippen LogP contribution in [0, 0.1) is 19.7 Å². The van der Waals surface area contributed by atoms with Crippen LogP contribution in [0.5, 0.6) is 5.75 Å². The molecule has 1 N–H and O–H groups in total. The molecule has 0 saturated carbocycles. The summed E-state index contributed by atoms with van der Waals surface area (Å²) in [7, 11) is 0. The third kappa shape index (κ3) is 4.74. The first-order valence-corrected chi connectivity index (χ1v) is 9.35. The van der Waals surface area contributed by atoms with Gasteiger partial charge in [-0.05, 0) is 49.2 Å². The van der Waals surface area contributed by atoms with E-state index < -0.39 is 0 Å². The van der Waals surface area contributed by atoms with Crippen LogP contribution < -0.4 is 10.1 Å². The van der Waals surface area contributed by atoms with Gasteiger partial charge in [0.15, 0.2) is 0 Å². The maximum absolute atomic E-state index is 13.9. The van der Waals surface area contributed by atoms with Crippen molar-refractivity contribution in [2.75, 3.05) is 5.32 Å². The van der Waals surface area contributed by atoms with Crippen LogP contribution in [0.2, 0.25) is 10.0 Å². The number of nitrogens with one attached hydrogen (secondary N) is 1. The Labute approximate surface area is 168 Å². The fourth-order valence-electron chi connectivity index (χ4n) is 2.81. The largest absolute Gasteiger partial charge is 0.487 e. The molecule has 0 fully saturated rings. The average molecular weight is 404 g/mol. The third-order valence-corrected chi connectivity index (χ3v) is 4.99. The van der Waals surface area contributed by atoms with Crippen LogP contribution in [0.25, 0.3) is 0 Å². The summed E-state index contributed by atoms with van der Waals surface area (Å²) in [6.07, 6.45) is 0. The van der Waals surface area contributed by atoms with Gasteiger partial charge in [0, 0.05) is 28.4 Å². The molecule has 140 valence electrons. The predicted molar refractivity (Wildman–Crippen MR) is 110 cm³/mol. The van der Waals surface area contributed by atoms with Crippen LogP contribution in [0.1, 0.15) is 22.3 Å². The molecule has 0 aliphatic heterocycles. The van der Waals surface area contributed by atoms with Crippen molar-refractivity contribution >= 4 is 28.9 Å². The summed E-state index contributed by atoms with van der Waals surface area (Å²) < 4.78 is 19.7. The molecule has 3 aromatic rings. The molecule has 0 radical (unpaired) electrons. The molecule has 0 unspecified atom stereocenters. The zero-order valence-corrected chi connectivity index (χ0v) is 16.7. The zero-order chi connectivity index (χ0) is 19.4. The van der Waals surface area contributed by atoms with E-state index in [0.29, 0.717) is 27.9 Å². The highest BCUT2D eigenvalue weighted by Crippen LogP contribution is 2.34. The van der Waals surface area contributed by atoms with E-state index in [1.54, 1.807) is 24.3 Å². The molecule has 0 atom stereocenters. The Morgan fingerprint density at radius 2 is 1.74 bits per heavy atom. The van der Waals surface area contributed by atoms with Crippen molar-refractivity contribution in [3.05, 3.63) is 92.7 Å². The lowest BCUT2D eigenvalue weighted by Gasteiger charge is -2.16. The summed E-state index contributed by atoms with van der Waals surface area (Å²) in [4.78, 5) is 0. The van der Waals surface area contributed by atoms with Crippen LogP contribution in [-0.4, -0.2) is 0 Å². The Kier molecular flexibility index (Phi) is 6.25.